The number of hydrogen-bond donors (Lipinski definition) is 1. The van der Waals surface area contributed by atoms with Gasteiger partial charge in [-0.15, -0.1) is 0 Å². The molecule has 0 saturated heterocycles. The highest BCUT2D eigenvalue weighted by molar-refractivity contribution is 6.01. The van der Waals surface area contributed by atoms with Crippen LogP contribution >= 0.6 is 0 Å². The van der Waals surface area contributed by atoms with Crippen molar-refractivity contribution in [3.05, 3.63) is 95.3 Å². The fourth-order valence-corrected chi connectivity index (χ4v) is 4.36. The number of carbonyl (C=O) groups excluding carboxylic acids is 1. The summed E-state index contributed by atoms with van der Waals surface area (Å²) in [6, 6.07) is 20.6. The van der Waals surface area contributed by atoms with E-state index in [1.807, 2.05) is 36.7 Å². The summed E-state index contributed by atoms with van der Waals surface area (Å²) in [6.45, 7) is 2.85. The van der Waals surface area contributed by atoms with Crippen LogP contribution in [0.3, 0.4) is 0 Å². The third kappa shape index (κ3) is 3.68. The van der Waals surface area contributed by atoms with Gasteiger partial charge in [-0.2, -0.15) is 0 Å². The molecule has 1 aliphatic heterocycles. The number of amides is 1. The highest BCUT2D eigenvalue weighted by Gasteiger charge is 2.51. The molecule has 5 rings (SSSR count). The van der Waals surface area contributed by atoms with Gasteiger partial charge in [-0.3, -0.25) is 14.7 Å². The van der Waals surface area contributed by atoms with E-state index in [-0.39, 0.29) is 11.3 Å². The Morgan fingerprint density at radius 2 is 1.90 bits per heavy atom. The van der Waals surface area contributed by atoms with Gasteiger partial charge in [0, 0.05) is 37.7 Å². The molecule has 1 N–H and O–H groups in total. The van der Waals surface area contributed by atoms with Crippen LogP contribution in [0.4, 0.5) is 5.69 Å². The van der Waals surface area contributed by atoms with Gasteiger partial charge in [-0.1, -0.05) is 42.5 Å². The topological polar surface area (TPSA) is 45.2 Å². The summed E-state index contributed by atoms with van der Waals surface area (Å²) < 4.78 is 0. The van der Waals surface area contributed by atoms with Crippen LogP contribution in [0.25, 0.3) is 0 Å². The average Bonchev–Trinajstić information content (AvgIpc) is 3.57. The number of pyridine rings is 1. The highest BCUT2D eigenvalue weighted by atomic mass is 16.2. The Morgan fingerprint density at radius 1 is 1.03 bits per heavy atom. The first-order valence-corrected chi connectivity index (χ1v) is 10.3. The molecule has 4 nitrogen and oxygen atoms in total. The standard InChI is InChI=1S/C25H25N3O/c29-24(25(11-12-25)22-6-2-1-3-7-22)27-23-9-8-20-10-14-28(18-21(20)15-23)17-19-5-4-13-26-16-19/h1-9,13,15-16H,10-12,14,17-18H2,(H,27,29). The zero-order valence-corrected chi connectivity index (χ0v) is 16.5. The normalized spacial score (nSPS) is 17.4. The largest absolute Gasteiger partial charge is 0.325 e. The maximum Gasteiger partial charge on any atom is 0.235 e. The van der Waals surface area contributed by atoms with E-state index in [1.54, 1.807) is 0 Å². The van der Waals surface area contributed by atoms with Crippen LogP contribution in [-0.2, 0) is 29.7 Å². The molecule has 0 spiro atoms. The highest BCUT2D eigenvalue weighted by Crippen LogP contribution is 2.49. The van der Waals surface area contributed by atoms with Crippen LogP contribution in [0.15, 0.2) is 73.1 Å². The number of rotatable bonds is 5. The smallest absolute Gasteiger partial charge is 0.235 e. The van der Waals surface area contributed by atoms with Crippen molar-refractivity contribution in [1.82, 2.24) is 9.88 Å². The molecule has 0 radical (unpaired) electrons. The van der Waals surface area contributed by atoms with Crippen LogP contribution in [0.2, 0.25) is 0 Å². The Morgan fingerprint density at radius 3 is 2.66 bits per heavy atom. The molecule has 0 bridgehead atoms. The van der Waals surface area contributed by atoms with E-state index in [0.717, 1.165) is 50.1 Å². The number of nitrogens with one attached hydrogen (secondary N) is 1. The zero-order chi connectivity index (χ0) is 19.7. The molecular weight excluding hydrogens is 358 g/mol. The summed E-state index contributed by atoms with van der Waals surface area (Å²) in [5.41, 5.74) is 5.61. The van der Waals surface area contributed by atoms with Crippen molar-refractivity contribution in [2.75, 3.05) is 11.9 Å². The second-order valence-electron chi connectivity index (χ2n) is 8.21. The Balaban J connectivity index is 1.30. The lowest BCUT2D eigenvalue weighted by atomic mass is 9.94. The molecule has 4 heteroatoms. The molecular formula is C25H25N3O. The molecule has 2 aromatic carbocycles. The van der Waals surface area contributed by atoms with Crippen molar-refractivity contribution in [2.45, 2.75) is 37.8 Å². The molecule has 1 saturated carbocycles. The Hall–Kier alpha value is -2.98. The van der Waals surface area contributed by atoms with Crippen molar-refractivity contribution in [1.29, 1.82) is 0 Å². The maximum atomic E-state index is 13.0. The minimum atomic E-state index is -0.344. The van der Waals surface area contributed by atoms with Gasteiger partial charge in [-0.05, 0) is 59.7 Å². The molecule has 0 atom stereocenters. The Labute approximate surface area is 171 Å². The number of hydrogen-bond acceptors (Lipinski definition) is 3. The fourth-order valence-electron chi connectivity index (χ4n) is 4.36. The van der Waals surface area contributed by atoms with Gasteiger partial charge in [0.25, 0.3) is 0 Å². The molecule has 29 heavy (non-hydrogen) atoms. The minimum absolute atomic E-state index is 0.117. The molecule has 1 fully saturated rings. The molecule has 3 aromatic rings. The third-order valence-electron chi connectivity index (χ3n) is 6.20. The molecule has 1 amide bonds. The van der Waals surface area contributed by atoms with Gasteiger partial charge < -0.3 is 5.32 Å². The van der Waals surface area contributed by atoms with Crippen molar-refractivity contribution < 1.29 is 4.79 Å². The molecule has 2 heterocycles. The summed E-state index contributed by atoms with van der Waals surface area (Å²) in [7, 11) is 0. The summed E-state index contributed by atoms with van der Waals surface area (Å²) in [5.74, 6) is 0.117. The summed E-state index contributed by atoms with van der Waals surface area (Å²) in [6.07, 6.45) is 6.63. The van der Waals surface area contributed by atoms with Crippen LogP contribution in [-0.4, -0.2) is 22.3 Å². The molecule has 1 aliphatic carbocycles. The second-order valence-corrected chi connectivity index (χ2v) is 8.21. The van der Waals surface area contributed by atoms with E-state index in [0.29, 0.717) is 0 Å². The van der Waals surface area contributed by atoms with E-state index in [2.05, 4.69) is 51.6 Å². The van der Waals surface area contributed by atoms with Gasteiger partial charge >= 0.3 is 0 Å². The average molecular weight is 383 g/mol. The molecule has 146 valence electrons. The minimum Gasteiger partial charge on any atom is -0.325 e. The Kier molecular flexibility index (Phi) is 4.64. The van der Waals surface area contributed by atoms with Gasteiger partial charge in [0.15, 0.2) is 0 Å². The molecule has 0 unspecified atom stereocenters. The van der Waals surface area contributed by atoms with Gasteiger partial charge in [-0.25, -0.2) is 0 Å². The quantitative estimate of drug-likeness (QED) is 0.714. The first-order chi connectivity index (χ1) is 14.2. The van der Waals surface area contributed by atoms with E-state index < -0.39 is 0 Å². The van der Waals surface area contributed by atoms with Crippen molar-refractivity contribution in [3.8, 4) is 0 Å². The lowest BCUT2D eigenvalue weighted by molar-refractivity contribution is -0.118. The summed E-state index contributed by atoms with van der Waals surface area (Å²) in [4.78, 5) is 19.7. The first-order valence-electron chi connectivity index (χ1n) is 10.3. The molecule has 2 aliphatic rings. The van der Waals surface area contributed by atoms with Gasteiger partial charge in [0.2, 0.25) is 5.91 Å². The zero-order valence-electron chi connectivity index (χ0n) is 16.5. The SMILES string of the molecule is O=C(Nc1ccc2c(c1)CN(Cc1cccnc1)CC2)C1(c2ccccc2)CC1. The number of benzene rings is 2. The van der Waals surface area contributed by atoms with Crippen molar-refractivity contribution >= 4 is 11.6 Å². The maximum absolute atomic E-state index is 13.0. The van der Waals surface area contributed by atoms with Crippen LogP contribution in [0.5, 0.6) is 0 Å². The van der Waals surface area contributed by atoms with E-state index in [1.165, 1.54) is 16.7 Å². The summed E-state index contributed by atoms with van der Waals surface area (Å²) in [5, 5.41) is 3.19. The predicted octanol–water partition coefficient (Wildman–Crippen LogP) is 4.31. The van der Waals surface area contributed by atoms with E-state index in [4.69, 9.17) is 0 Å². The number of carbonyl (C=O) groups is 1. The van der Waals surface area contributed by atoms with Gasteiger partial charge in [0.05, 0.1) is 5.41 Å². The van der Waals surface area contributed by atoms with E-state index in [9.17, 15) is 4.79 Å². The van der Waals surface area contributed by atoms with Crippen LogP contribution in [0, 0.1) is 0 Å². The van der Waals surface area contributed by atoms with Crippen LogP contribution in [0.1, 0.15) is 35.1 Å². The number of aromatic nitrogens is 1. The Bertz CT molecular complexity index is 1010. The lowest BCUT2D eigenvalue weighted by Gasteiger charge is -2.29. The second kappa shape index (κ2) is 7.45. The third-order valence-corrected chi connectivity index (χ3v) is 6.20. The first kappa shape index (κ1) is 18.1. The number of fused-ring (bicyclic) bond motifs is 1. The lowest BCUT2D eigenvalue weighted by Crippen LogP contribution is -2.31. The number of nitrogens with zero attached hydrogens (tertiary/aromatic N) is 2. The van der Waals surface area contributed by atoms with Crippen molar-refractivity contribution in [3.63, 3.8) is 0 Å². The monoisotopic (exact) mass is 383 g/mol. The van der Waals surface area contributed by atoms with Crippen molar-refractivity contribution in [2.24, 2.45) is 0 Å². The van der Waals surface area contributed by atoms with Crippen LogP contribution < -0.4 is 5.32 Å². The molecule has 1 aromatic heterocycles. The summed E-state index contributed by atoms with van der Waals surface area (Å²) >= 11 is 0. The van der Waals surface area contributed by atoms with Gasteiger partial charge in [0.1, 0.15) is 0 Å². The fraction of sp³-hybridized carbons (Fsp3) is 0.280. The van der Waals surface area contributed by atoms with E-state index >= 15 is 0 Å². The number of anilines is 1. The predicted molar refractivity (Wildman–Crippen MR) is 114 cm³/mol.